The van der Waals surface area contributed by atoms with Crippen molar-refractivity contribution in [3.8, 4) is 0 Å². The highest BCUT2D eigenvalue weighted by Crippen LogP contribution is 2.21. The van der Waals surface area contributed by atoms with Gasteiger partial charge in [-0.25, -0.2) is 9.78 Å². The predicted molar refractivity (Wildman–Crippen MR) is 67.9 cm³/mol. The van der Waals surface area contributed by atoms with Gasteiger partial charge in [-0.1, -0.05) is 11.6 Å². The Balaban J connectivity index is 1.97. The van der Waals surface area contributed by atoms with E-state index in [0.29, 0.717) is 12.4 Å². The topological polar surface area (TPSA) is 62.2 Å². The van der Waals surface area contributed by atoms with E-state index >= 15 is 0 Å². The smallest absolute Gasteiger partial charge is 0.337 e. The molecule has 0 saturated carbocycles. The van der Waals surface area contributed by atoms with Crippen LogP contribution in [0.15, 0.2) is 30.5 Å². The first-order valence-electron chi connectivity index (χ1n) is 4.82. The number of nitrogens with one attached hydrogen (secondary N) is 1. The van der Waals surface area contributed by atoms with Gasteiger partial charge in [-0.2, -0.15) is 0 Å². The van der Waals surface area contributed by atoms with Crippen LogP contribution in [0.5, 0.6) is 0 Å². The summed E-state index contributed by atoms with van der Waals surface area (Å²) in [5, 5.41) is 11.8. The van der Waals surface area contributed by atoms with Crippen molar-refractivity contribution in [2.24, 2.45) is 0 Å². The maximum atomic E-state index is 10.6. The van der Waals surface area contributed by atoms with Crippen LogP contribution in [0.25, 0.3) is 0 Å². The monoisotopic (exact) mass is 268 g/mol. The van der Waals surface area contributed by atoms with Crippen molar-refractivity contribution >= 4 is 34.7 Å². The Morgan fingerprint density at radius 1 is 1.41 bits per heavy atom. The molecule has 2 rings (SSSR count). The first-order valence-corrected chi connectivity index (χ1v) is 6.02. The van der Waals surface area contributed by atoms with Gasteiger partial charge in [0.25, 0.3) is 0 Å². The summed E-state index contributed by atoms with van der Waals surface area (Å²) in [5.74, 6) is -0.339. The van der Waals surface area contributed by atoms with E-state index in [2.05, 4.69) is 10.3 Å². The average Bonchev–Trinajstić information content (AvgIpc) is 2.73. The highest BCUT2D eigenvalue weighted by molar-refractivity contribution is 7.16. The molecule has 17 heavy (non-hydrogen) atoms. The van der Waals surface area contributed by atoms with E-state index in [0.717, 1.165) is 9.21 Å². The molecule has 0 radical (unpaired) electrons. The summed E-state index contributed by atoms with van der Waals surface area (Å²) in [5.41, 5.74) is 0.176. The molecule has 0 aliphatic heterocycles. The second-order valence-electron chi connectivity index (χ2n) is 3.30. The number of rotatable bonds is 4. The van der Waals surface area contributed by atoms with Crippen molar-refractivity contribution < 1.29 is 9.90 Å². The van der Waals surface area contributed by atoms with Gasteiger partial charge < -0.3 is 10.4 Å². The molecule has 0 amide bonds. The quantitative estimate of drug-likeness (QED) is 0.894. The molecule has 4 nitrogen and oxygen atoms in total. The molecule has 2 aromatic heterocycles. The number of aromatic nitrogens is 1. The Hall–Kier alpha value is -1.59. The highest BCUT2D eigenvalue weighted by Gasteiger charge is 2.03. The minimum atomic E-state index is -0.978. The van der Waals surface area contributed by atoms with Crippen LogP contribution in [0.2, 0.25) is 4.34 Å². The zero-order chi connectivity index (χ0) is 12.3. The summed E-state index contributed by atoms with van der Waals surface area (Å²) >= 11 is 7.30. The number of anilines is 1. The van der Waals surface area contributed by atoms with Gasteiger partial charge in [-0.3, -0.25) is 0 Å². The number of pyridine rings is 1. The molecular weight excluding hydrogens is 260 g/mol. The molecule has 0 atom stereocenters. The summed E-state index contributed by atoms with van der Waals surface area (Å²) in [7, 11) is 0. The van der Waals surface area contributed by atoms with Gasteiger partial charge in [0.05, 0.1) is 16.4 Å². The van der Waals surface area contributed by atoms with Crippen LogP contribution in [0, 0.1) is 0 Å². The van der Waals surface area contributed by atoms with Crippen molar-refractivity contribution in [2.75, 3.05) is 5.32 Å². The Morgan fingerprint density at radius 2 is 2.24 bits per heavy atom. The lowest BCUT2D eigenvalue weighted by Crippen LogP contribution is -2.02. The maximum absolute atomic E-state index is 10.6. The number of aromatic carboxylic acids is 1. The van der Waals surface area contributed by atoms with E-state index in [-0.39, 0.29) is 5.56 Å². The van der Waals surface area contributed by atoms with Crippen LogP contribution in [0.3, 0.4) is 0 Å². The normalized spacial score (nSPS) is 10.2. The minimum Gasteiger partial charge on any atom is -0.478 e. The SMILES string of the molecule is O=C(O)c1ccc(NCc2ccc(Cl)s2)nc1. The average molecular weight is 269 g/mol. The molecule has 6 heteroatoms. The van der Waals surface area contributed by atoms with E-state index in [9.17, 15) is 4.79 Å². The molecule has 0 aliphatic rings. The number of thiophene rings is 1. The third-order valence-electron chi connectivity index (χ3n) is 2.08. The first kappa shape index (κ1) is 11.9. The molecule has 0 aliphatic carbocycles. The van der Waals surface area contributed by atoms with Crippen LogP contribution in [0.1, 0.15) is 15.2 Å². The third-order valence-corrected chi connectivity index (χ3v) is 3.31. The number of nitrogens with zero attached hydrogens (tertiary/aromatic N) is 1. The second kappa shape index (κ2) is 5.16. The number of hydrogen-bond donors (Lipinski definition) is 2. The summed E-state index contributed by atoms with van der Waals surface area (Å²) in [6, 6.07) is 6.92. The summed E-state index contributed by atoms with van der Waals surface area (Å²) in [6.07, 6.45) is 1.33. The number of halogens is 1. The van der Waals surface area contributed by atoms with E-state index < -0.39 is 5.97 Å². The minimum absolute atomic E-state index is 0.176. The number of hydrogen-bond acceptors (Lipinski definition) is 4. The second-order valence-corrected chi connectivity index (χ2v) is 5.10. The molecule has 2 N–H and O–H groups in total. The third kappa shape index (κ3) is 3.18. The van der Waals surface area contributed by atoms with E-state index in [1.54, 1.807) is 6.07 Å². The molecule has 0 bridgehead atoms. The van der Waals surface area contributed by atoms with Crippen molar-refractivity contribution in [1.82, 2.24) is 4.98 Å². The van der Waals surface area contributed by atoms with Crippen molar-refractivity contribution in [3.05, 3.63) is 45.2 Å². The molecule has 0 unspecified atom stereocenters. The lowest BCUT2D eigenvalue weighted by molar-refractivity contribution is 0.0696. The van der Waals surface area contributed by atoms with E-state index in [1.807, 2.05) is 12.1 Å². The van der Waals surface area contributed by atoms with E-state index in [1.165, 1.54) is 23.6 Å². The largest absolute Gasteiger partial charge is 0.478 e. The Morgan fingerprint density at radius 3 is 2.76 bits per heavy atom. The fraction of sp³-hybridized carbons (Fsp3) is 0.0909. The number of carboxylic acid groups (broad SMARTS) is 1. The number of carbonyl (C=O) groups is 1. The van der Waals surface area contributed by atoms with Crippen molar-refractivity contribution in [2.45, 2.75) is 6.54 Å². The first-order chi connectivity index (χ1) is 8.15. The van der Waals surface area contributed by atoms with Gasteiger partial charge in [-0.15, -0.1) is 11.3 Å². The molecule has 2 heterocycles. The molecule has 88 valence electrons. The standard InChI is InChI=1S/C11H9ClN2O2S/c12-9-3-2-8(17-9)6-14-10-4-1-7(5-13-10)11(15)16/h1-5H,6H2,(H,13,14)(H,15,16). The van der Waals surface area contributed by atoms with Crippen LogP contribution in [-0.4, -0.2) is 16.1 Å². The zero-order valence-electron chi connectivity index (χ0n) is 8.68. The molecule has 0 aromatic carbocycles. The van der Waals surface area contributed by atoms with Crippen LogP contribution < -0.4 is 5.32 Å². The fourth-order valence-corrected chi connectivity index (χ4v) is 2.28. The Kier molecular flexibility index (Phi) is 3.61. The highest BCUT2D eigenvalue weighted by atomic mass is 35.5. The molecule has 0 saturated heterocycles. The fourth-order valence-electron chi connectivity index (χ4n) is 1.25. The zero-order valence-corrected chi connectivity index (χ0v) is 10.3. The summed E-state index contributed by atoms with van der Waals surface area (Å²) in [6.45, 7) is 0.622. The van der Waals surface area contributed by atoms with Crippen LogP contribution >= 0.6 is 22.9 Å². The lowest BCUT2D eigenvalue weighted by Gasteiger charge is -2.03. The van der Waals surface area contributed by atoms with E-state index in [4.69, 9.17) is 16.7 Å². The predicted octanol–water partition coefficient (Wildman–Crippen LogP) is 3.11. The van der Waals surface area contributed by atoms with Gasteiger partial charge >= 0.3 is 5.97 Å². The van der Waals surface area contributed by atoms with Gasteiger partial charge in [0.15, 0.2) is 0 Å². The van der Waals surface area contributed by atoms with Gasteiger partial charge in [0.1, 0.15) is 5.82 Å². The lowest BCUT2D eigenvalue weighted by atomic mass is 10.3. The van der Waals surface area contributed by atoms with Crippen molar-refractivity contribution in [3.63, 3.8) is 0 Å². The van der Waals surface area contributed by atoms with Crippen molar-refractivity contribution in [1.29, 1.82) is 0 Å². The number of carboxylic acids is 1. The van der Waals surface area contributed by atoms with Crippen LogP contribution in [-0.2, 0) is 6.54 Å². The van der Waals surface area contributed by atoms with Gasteiger partial charge in [0.2, 0.25) is 0 Å². The van der Waals surface area contributed by atoms with Gasteiger partial charge in [-0.05, 0) is 24.3 Å². The molecule has 0 spiro atoms. The molecule has 0 fully saturated rings. The van der Waals surface area contributed by atoms with Gasteiger partial charge in [0, 0.05) is 11.1 Å². The summed E-state index contributed by atoms with van der Waals surface area (Å²) in [4.78, 5) is 15.7. The Bertz CT molecular complexity index is 525. The maximum Gasteiger partial charge on any atom is 0.337 e. The molecule has 2 aromatic rings. The Labute approximate surface area is 107 Å². The van der Waals surface area contributed by atoms with Crippen LogP contribution in [0.4, 0.5) is 5.82 Å². The summed E-state index contributed by atoms with van der Waals surface area (Å²) < 4.78 is 0.746. The molecular formula is C11H9ClN2O2S.